The standard InChI is InChI=1S/C33H57N9O12S/c1-4-17(2)26(27(35)47)37-19-9-11-25(46)36-13-6-5-7-18(28(48)41-23(16-44)32(52)40-21(33(53)54)8-10-24(34)45)38-31(51)22(15-43)42-30(50)20(12-14-55-3)39-29(19)49/h17-23,26,37,43-44H,4-16H2,1-3H3,(H2,34,45)(H2,35,47)(H,36,46)(H,38,51)(H,39,49)(H,40,52)(H,41,48)(H,42,50)(H,53,54)/t17-,18?,19?,20-,21?,22-,23-,26-/m0/s1. The van der Waals surface area contributed by atoms with Crippen molar-refractivity contribution in [1.29, 1.82) is 0 Å². The van der Waals surface area contributed by atoms with E-state index in [1.807, 2.05) is 6.92 Å². The number of carboxylic acids is 1. The van der Waals surface area contributed by atoms with E-state index in [0.29, 0.717) is 12.2 Å². The molecule has 0 aromatic carbocycles. The van der Waals surface area contributed by atoms with Gasteiger partial charge in [-0.2, -0.15) is 11.8 Å². The molecule has 1 heterocycles. The summed E-state index contributed by atoms with van der Waals surface area (Å²) in [6, 6.07) is -9.58. The first kappa shape index (κ1) is 48.5. The number of aliphatic hydroxyl groups is 2. The number of primary amides is 2. The highest BCUT2D eigenvalue weighted by Gasteiger charge is 2.34. The highest BCUT2D eigenvalue weighted by Crippen LogP contribution is 2.12. The van der Waals surface area contributed by atoms with Crippen LogP contribution in [0.2, 0.25) is 0 Å². The topological polar surface area (TPSA) is 351 Å². The van der Waals surface area contributed by atoms with Gasteiger partial charge in [-0.15, -0.1) is 0 Å². The lowest BCUT2D eigenvalue weighted by Crippen LogP contribution is -2.61. The quantitative estimate of drug-likeness (QED) is 0.0621. The smallest absolute Gasteiger partial charge is 0.326 e. The normalized spacial score (nSPS) is 22.8. The summed E-state index contributed by atoms with van der Waals surface area (Å²) < 4.78 is 0. The number of hydrogen-bond donors (Lipinski definition) is 12. The molecule has 0 radical (unpaired) electrons. The molecule has 1 saturated heterocycles. The van der Waals surface area contributed by atoms with Gasteiger partial charge in [0.15, 0.2) is 0 Å². The monoisotopic (exact) mass is 803 g/mol. The third-order valence-corrected chi connectivity index (χ3v) is 9.56. The van der Waals surface area contributed by atoms with Crippen LogP contribution < -0.4 is 48.7 Å². The fourth-order valence-electron chi connectivity index (χ4n) is 5.40. The van der Waals surface area contributed by atoms with Gasteiger partial charge in [-0.25, -0.2) is 4.79 Å². The fourth-order valence-corrected chi connectivity index (χ4v) is 5.87. The maximum Gasteiger partial charge on any atom is 0.326 e. The minimum atomic E-state index is -1.69. The molecule has 21 nitrogen and oxygen atoms in total. The van der Waals surface area contributed by atoms with E-state index in [0.717, 1.165) is 0 Å². The molecule has 0 aromatic heterocycles. The van der Waals surface area contributed by atoms with Crippen LogP contribution in [0.4, 0.5) is 0 Å². The summed E-state index contributed by atoms with van der Waals surface area (Å²) in [7, 11) is 0. The van der Waals surface area contributed by atoms with Gasteiger partial charge in [0, 0.05) is 19.4 Å². The van der Waals surface area contributed by atoms with Gasteiger partial charge in [0.05, 0.1) is 25.3 Å². The van der Waals surface area contributed by atoms with E-state index in [-0.39, 0.29) is 63.8 Å². The first-order valence-electron chi connectivity index (χ1n) is 18.0. The molecule has 1 fully saturated rings. The number of carbonyl (C=O) groups excluding carboxylic acids is 8. The number of carbonyl (C=O) groups is 9. The Hall–Kier alpha value is -4.54. The van der Waals surface area contributed by atoms with Crippen molar-refractivity contribution in [2.24, 2.45) is 17.4 Å². The maximum absolute atomic E-state index is 13.6. The van der Waals surface area contributed by atoms with Gasteiger partial charge in [0.1, 0.15) is 30.2 Å². The molecule has 55 heavy (non-hydrogen) atoms. The van der Waals surface area contributed by atoms with E-state index in [4.69, 9.17) is 11.5 Å². The van der Waals surface area contributed by atoms with Gasteiger partial charge >= 0.3 is 5.97 Å². The molecule has 8 atom stereocenters. The van der Waals surface area contributed by atoms with Crippen molar-refractivity contribution < 1.29 is 58.5 Å². The molecule has 22 heteroatoms. The second kappa shape index (κ2) is 25.5. The lowest BCUT2D eigenvalue weighted by Gasteiger charge is -2.29. The molecule has 0 spiro atoms. The van der Waals surface area contributed by atoms with E-state index >= 15 is 0 Å². The average Bonchev–Trinajstić information content (AvgIpc) is 3.13. The zero-order chi connectivity index (χ0) is 41.7. The van der Waals surface area contributed by atoms with Crippen molar-refractivity contribution in [3.8, 4) is 0 Å². The van der Waals surface area contributed by atoms with Gasteiger partial charge < -0.3 is 58.7 Å². The van der Waals surface area contributed by atoms with Crippen LogP contribution in [-0.2, 0) is 43.2 Å². The van der Waals surface area contributed by atoms with Crippen LogP contribution in [0.15, 0.2) is 0 Å². The molecule has 312 valence electrons. The van der Waals surface area contributed by atoms with E-state index in [1.165, 1.54) is 11.8 Å². The summed E-state index contributed by atoms with van der Waals surface area (Å²) in [5.74, 6) is -8.01. The Labute approximate surface area is 323 Å². The molecular formula is C33H57N9O12S. The number of aliphatic hydroxyl groups excluding tert-OH is 2. The zero-order valence-electron chi connectivity index (χ0n) is 31.4. The number of nitrogens with two attached hydrogens (primary N) is 2. The van der Waals surface area contributed by atoms with Crippen molar-refractivity contribution in [1.82, 2.24) is 37.2 Å². The second-order valence-electron chi connectivity index (χ2n) is 13.2. The summed E-state index contributed by atoms with van der Waals surface area (Å²) in [5, 5.41) is 46.8. The third-order valence-electron chi connectivity index (χ3n) is 8.92. The van der Waals surface area contributed by atoms with E-state index in [2.05, 4.69) is 37.2 Å². The fraction of sp³-hybridized carbons (Fsp3) is 0.727. The van der Waals surface area contributed by atoms with E-state index in [1.54, 1.807) is 13.2 Å². The molecule has 0 aromatic rings. The van der Waals surface area contributed by atoms with E-state index < -0.39 is 109 Å². The van der Waals surface area contributed by atoms with Crippen molar-refractivity contribution in [2.45, 2.75) is 114 Å². The molecule has 1 aliphatic heterocycles. The molecule has 0 aliphatic carbocycles. The number of thioether (sulfide) groups is 1. The highest BCUT2D eigenvalue weighted by atomic mass is 32.2. The van der Waals surface area contributed by atoms with Crippen molar-refractivity contribution >= 4 is 65.0 Å². The van der Waals surface area contributed by atoms with Crippen LogP contribution in [0.3, 0.4) is 0 Å². The predicted molar refractivity (Wildman–Crippen MR) is 198 cm³/mol. The van der Waals surface area contributed by atoms with Crippen LogP contribution >= 0.6 is 11.8 Å². The minimum absolute atomic E-state index is 0.0728. The molecule has 14 N–H and O–H groups in total. The Morgan fingerprint density at radius 2 is 1.56 bits per heavy atom. The Morgan fingerprint density at radius 3 is 2.13 bits per heavy atom. The van der Waals surface area contributed by atoms with Gasteiger partial charge in [0.2, 0.25) is 47.3 Å². The largest absolute Gasteiger partial charge is 0.480 e. The van der Waals surface area contributed by atoms with E-state index in [9.17, 15) is 58.5 Å². The number of nitrogens with one attached hydrogen (secondary N) is 7. The molecule has 0 saturated carbocycles. The minimum Gasteiger partial charge on any atom is -0.480 e. The first-order valence-corrected chi connectivity index (χ1v) is 19.4. The molecular weight excluding hydrogens is 746 g/mol. The summed E-state index contributed by atoms with van der Waals surface area (Å²) in [6.45, 7) is 1.82. The number of amides is 8. The molecule has 0 bridgehead atoms. The Morgan fingerprint density at radius 1 is 0.909 bits per heavy atom. The third kappa shape index (κ3) is 17.6. The predicted octanol–water partition coefficient (Wildman–Crippen LogP) is -4.56. The van der Waals surface area contributed by atoms with Gasteiger partial charge in [-0.05, 0) is 56.5 Å². The lowest BCUT2D eigenvalue weighted by atomic mass is 9.96. The van der Waals surface area contributed by atoms with Crippen LogP contribution in [0, 0.1) is 5.92 Å². The zero-order valence-corrected chi connectivity index (χ0v) is 32.2. The summed E-state index contributed by atoms with van der Waals surface area (Å²) in [5.41, 5.74) is 10.7. The number of rotatable bonds is 18. The number of hydrogen-bond acceptors (Lipinski definition) is 13. The maximum atomic E-state index is 13.6. The summed E-state index contributed by atoms with van der Waals surface area (Å²) in [4.78, 5) is 115. The Kier molecular flexibility index (Phi) is 22.5. The Balaban J connectivity index is 3.35. The summed E-state index contributed by atoms with van der Waals surface area (Å²) >= 11 is 1.36. The Bertz CT molecular complexity index is 1360. The van der Waals surface area contributed by atoms with Crippen molar-refractivity contribution in [2.75, 3.05) is 31.8 Å². The van der Waals surface area contributed by atoms with Gasteiger partial charge in [-0.3, -0.25) is 43.7 Å². The lowest BCUT2D eigenvalue weighted by molar-refractivity contribution is -0.143. The second-order valence-corrected chi connectivity index (χ2v) is 14.2. The van der Waals surface area contributed by atoms with Crippen LogP contribution in [-0.4, -0.2) is 143 Å². The van der Waals surface area contributed by atoms with Crippen LogP contribution in [0.5, 0.6) is 0 Å². The summed E-state index contributed by atoms with van der Waals surface area (Å²) in [6.07, 6.45) is 1.84. The van der Waals surface area contributed by atoms with Crippen LogP contribution in [0.1, 0.15) is 71.6 Å². The van der Waals surface area contributed by atoms with Gasteiger partial charge in [-0.1, -0.05) is 20.3 Å². The molecule has 8 amide bonds. The SMILES string of the molecule is CC[C@H](C)[C@H](NC1CCC(=O)NCCCCC(C(=O)N[C@@H](CO)C(=O)NC(CCC(N)=O)C(=O)O)NC(=O)[C@H](CO)NC(=O)[C@H](CCSC)NC1=O)C(N)=O. The highest BCUT2D eigenvalue weighted by molar-refractivity contribution is 7.98. The molecule has 1 rings (SSSR count). The van der Waals surface area contributed by atoms with Crippen molar-refractivity contribution in [3.05, 3.63) is 0 Å². The number of carboxylic acid groups (broad SMARTS) is 1. The van der Waals surface area contributed by atoms with Gasteiger partial charge in [0.25, 0.3) is 0 Å². The van der Waals surface area contributed by atoms with Crippen LogP contribution in [0.25, 0.3) is 0 Å². The molecule has 1 aliphatic rings. The number of aliphatic carboxylic acids is 1. The first-order chi connectivity index (χ1) is 26.0. The molecule has 3 unspecified atom stereocenters. The van der Waals surface area contributed by atoms with Crippen molar-refractivity contribution in [3.63, 3.8) is 0 Å². The average molecular weight is 804 g/mol.